The van der Waals surface area contributed by atoms with Gasteiger partial charge in [0.05, 0.1) is 16.6 Å². The first-order valence-electron chi connectivity index (χ1n) is 5.56. The van der Waals surface area contributed by atoms with Gasteiger partial charge in [-0.25, -0.2) is 4.52 Å². The lowest BCUT2D eigenvalue weighted by molar-refractivity contribution is 0.951. The van der Waals surface area contributed by atoms with Crippen LogP contribution in [0.15, 0.2) is 23.0 Å². The first-order valence-corrected chi connectivity index (χ1v) is 5.56. The van der Waals surface area contributed by atoms with Crippen molar-refractivity contribution in [2.24, 2.45) is 0 Å². The lowest BCUT2D eigenvalue weighted by Crippen LogP contribution is -2.10. The van der Waals surface area contributed by atoms with Crippen LogP contribution in [0.2, 0.25) is 0 Å². The number of hydrogen-bond acceptors (Lipinski definition) is 2. The monoisotopic (exact) mass is 227 g/mol. The minimum absolute atomic E-state index is 0.0563. The lowest BCUT2D eigenvalue weighted by Gasteiger charge is -2.02. The van der Waals surface area contributed by atoms with Crippen LogP contribution in [-0.2, 0) is 0 Å². The van der Waals surface area contributed by atoms with Crippen molar-refractivity contribution in [2.45, 2.75) is 20.8 Å². The van der Waals surface area contributed by atoms with Crippen LogP contribution in [0.25, 0.3) is 16.6 Å². The third-order valence-corrected chi connectivity index (χ3v) is 3.22. The van der Waals surface area contributed by atoms with Crippen LogP contribution in [0.4, 0.5) is 0 Å². The van der Waals surface area contributed by atoms with Gasteiger partial charge in [0, 0.05) is 5.56 Å². The van der Waals surface area contributed by atoms with Crippen LogP contribution in [0.5, 0.6) is 0 Å². The van der Waals surface area contributed by atoms with Crippen molar-refractivity contribution in [2.75, 3.05) is 0 Å². The fourth-order valence-corrected chi connectivity index (χ4v) is 2.12. The highest BCUT2D eigenvalue weighted by Gasteiger charge is 2.10. The molecule has 4 heteroatoms. The molecule has 0 aliphatic heterocycles. The van der Waals surface area contributed by atoms with Gasteiger partial charge < -0.3 is 4.98 Å². The van der Waals surface area contributed by atoms with Crippen LogP contribution in [0, 0.1) is 20.8 Å². The quantitative estimate of drug-likeness (QED) is 0.639. The minimum Gasteiger partial charge on any atom is -0.306 e. The fraction of sp³-hybridized carbons (Fsp3) is 0.231. The number of aromatic nitrogens is 3. The number of nitrogens with zero attached hydrogens (tertiary/aromatic N) is 2. The summed E-state index contributed by atoms with van der Waals surface area (Å²) < 4.78 is 1.81. The number of nitrogens with one attached hydrogen (secondary N) is 1. The maximum Gasteiger partial charge on any atom is 0.259 e. The number of hydrogen-bond donors (Lipinski definition) is 1. The molecule has 0 unspecified atom stereocenters. The van der Waals surface area contributed by atoms with Crippen molar-refractivity contribution >= 4 is 16.6 Å². The summed E-state index contributed by atoms with van der Waals surface area (Å²) in [5, 5.41) is 5.14. The van der Waals surface area contributed by atoms with E-state index in [2.05, 4.69) is 10.1 Å². The number of fused-ring (bicyclic) bond motifs is 3. The van der Waals surface area contributed by atoms with E-state index in [4.69, 9.17) is 0 Å². The summed E-state index contributed by atoms with van der Waals surface area (Å²) in [7, 11) is 0. The summed E-state index contributed by atoms with van der Waals surface area (Å²) in [4.78, 5) is 14.9. The van der Waals surface area contributed by atoms with Crippen molar-refractivity contribution in [1.29, 1.82) is 0 Å². The van der Waals surface area contributed by atoms with Gasteiger partial charge in [0.25, 0.3) is 5.56 Å². The van der Waals surface area contributed by atoms with Crippen LogP contribution in [-0.4, -0.2) is 14.6 Å². The number of aromatic amines is 1. The van der Waals surface area contributed by atoms with Crippen molar-refractivity contribution in [3.8, 4) is 0 Å². The minimum atomic E-state index is -0.0563. The van der Waals surface area contributed by atoms with Crippen LogP contribution in [0.3, 0.4) is 0 Å². The summed E-state index contributed by atoms with van der Waals surface area (Å²) in [6, 6.07) is 5.83. The predicted molar refractivity (Wildman–Crippen MR) is 67.5 cm³/mol. The third-order valence-electron chi connectivity index (χ3n) is 3.22. The molecule has 0 radical (unpaired) electrons. The average molecular weight is 227 g/mol. The number of aryl methyl sites for hydroxylation is 3. The molecular weight excluding hydrogens is 214 g/mol. The molecule has 1 N–H and O–H groups in total. The Bertz CT molecular complexity index is 796. The zero-order valence-corrected chi connectivity index (χ0v) is 10.0. The number of benzene rings is 1. The van der Waals surface area contributed by atoms with Gasteiger partial charge in [0.15, 0.2) is 0 Å². The summed E-state index contributed by atoms with van der Waals surface area (Å²) in [6.45, 7) is 5.89. The normalized spacial score (nSPS) is 11.5. The van der Waals surface area contributed by atoms with Gasteiger partial charge in [-0.2, -0.15) is 5.10 Å². The Morgan fingerprint density at radius 2 is 2.00 bits per heavy atom. The van der Waals surface area contributed by atoms with E-state index in [1.165, 1.54) is 0 Å². The second kappa shape index (κ2) is 3.20. The van der Waals surface area contributed by atoms with Crippen molar-refractivity contribution in [1.82, 2.24) is 14.6 Å². The van der Waals surface area contributed by atoms with E-state index < -0.39 is 0 Å². The van der Waals surface area contributed by atoms with Gasteiger partial charge >= 0.3 is 0 Å². The Morgan fingerprint density at radius 3 is 2.76 bits per heavy atom. The molecule has 0 atom stereocenters. The average Bonchev–Trinajstić information content (AvgIpc) is 2.57. The van der Waals surface area contributed by atoms with E-state index in [-0.39, 0.29) is 5.56 Å². The van der Waals surface area contributed by atoms with E-state index in [1.807, 2.05) is 39.0 Å². The summed E-state index contributed by atoms with van der Waals surface area (Å²) in [6.07, 6.45) is 0. The summed E-state index contributed by atoms with van der Waals surface area (Å²) in [5.74, 6) is 0. The van der Waals surface area contributed by atoms with Crippen LogP contribution < -0.4 is 5.56 Å². The molecule has 1 aromatic carbocycles. The van der Waals surface area contributed by atoms with E-state index in [1.54, 1.807) is 4.52 Å². The lowest BCUT2D eigenvalue weighted by atomic mass is 10.1. The molecule has 0 spiro atoms. The second-order valence-corrected chi connectivity index (χ2v) is 4.45. The van der Waals surface area contributed by atoms with Crippen molar-refractivity contribution in [3.63, 3.8) is 0 Å². The molecular formula is C13H13N3O. The molecule has 0 aliphatic rings. The van der Waals surface area contributed by atoms with Crippen LogP contribution in [0.1, 0.15) is 16.8 Å². The Labute approximate surface area is 97.9 Å². The largest absolute Gasteiger partial charge is 0.306 e. The van der Waals surface area contributed by atoms with E-state index in [0.29, 0.717) is 5.39 Å². The highest BCUT2D eigenvalue weighted by atomic mass is 16.1. The Hall–Kier alpha value is -2.10. The SMILES string of the molecule is Cc1ccc2c(c1)c(=O)[nH]c1c(C)c(C)nn12. The molecule has 0 saturated carbocycles. The highest BCUT2D eigenvalue weighted by molar-refractivity contribution is 5.81. The predicted octanol–water partition coefficient (Wildman–Crippen LogP) is 2.10. The van der Waals surface area contributed by atoms with Crippen molar-refractivity contribution in [3.05, 3.63) is 45.4 Å². The Balaban J connectivity index is 2.65. The van der Waals surface area contributed by atoms with Gasteiger partial charge in [0.2, 0.25) is 0 Å². The second-order valence-electron chi connectivity index (χ2n) is 4.45. The molecule has 3 aromatic rings. The molecule has 0 bridgehead atoms. The standard InChI is InChI=1S/C13H13N3O/c1-7-4-5-11-10(6-7)13(17)14-12-8(2)9(3)15-16(11)12/h4-6H,1-3H3,(H,14,17). The first-order chi connectivity index (χ1) is 8.08. The maximum absolute atomic E-state index is 12.0. The maximum atomic E-state index is 12.0. The van der Waals surface area contributed by atoms with E-state index in [0.717, 1.165) is 28.0 Å². The zero-order valence-electron chi connectivity index (χ0n) is 10.0. The van der Waals surface area contributed by atoms with Gasteiger partial charge in [0.1, 0.15) is 5.65 Å². The molecule has 0 aliphatic carbocycles. The fourth-order valence-electron chi connectivity index (χ4n) is 2.12. The van der Waals surface area contributed by atoms with Gasteiger partial charge in [-0.05, 0) is 32.9 Å². The molecule has 3 rings (SSSR count). The molecule has 2 aromatic heterocycles. The Morgan fingerprint density at radius 1 is 1.24 bits per heavy atom. The van der Waals surface area contributed by atoms with Gasteiger partial charge in [-0.3, -0.25) is 4.79 Å². The third kappa shape index (κ3) is 1.30. The molecule has 4 nitrogen and oxygen atoms in total. The molecule has 0 amide bonds. The van der Waals surface area contributed by atoms with E-state index >= 15 is 0 Å². The first kappa shape index (κ1) is 10.1. The molecule has 0 fully saturated rings. The summed E-state index contributed by atoms with van der Waals surface area (Å²) >= 11 is 0. The molecule has 0 saturated heterocycles. The highest BCUT2D eigenvalue weighted by Crippen LogP contribution is 2.17. The molecule has 86 valence electrons. The van der Waals surface area contributed by atoms with Gasteiger partial charge in [-0.15, -0.1) is 0 Å². The number of rotatable bonds is 0. The Kier molecular flexibility index (Phi) is 1.90. The molecule has 2 heterocycles. The van der Waals surface area contributed by atoms with E-state index in [9.17, 15) is 4.79 Å². The van der Waals surface area contributed by atoms with Crippen molar-refractivity contribution < 1.29 is 0 Å². The number of H-pyrrole nitrogens is 1. The molecule has 17 heavy (non-hydrogen) atoms. The van der Waals surface area contributed by atoms with Crippen LogP contribution >= 0.6 is 0 Å². The smallest absolute Gasteiger partial charge is 0.259 e. The summed E-state index contributed by atoms with van der Waals surface area (Å²) in [5.41, 5.74) is 4.61. The topological polar surface area (TPSA) is 50.2 Å². The van der Waals surface area contributed by atoms with Gasteiger partial charge in [-0.1, -0.05) is 11.6 Å². The zero-order chi connectivity index (χ0) is 12.2.